The van der Waals surface area contributed by atoms with Gasteiger partial charge in [-0.05, 0) is 45.7 Å². The molecule has 6 heteroatoms. The van der Waals surface area contributed by atoms with E-state index in [4.69, 9.17) is 16.3 Å². The Hall–Kier alpha value is -2.01. The predicted octanol–water partition coefficient (Wildman–Crippen LogP) is 4.80. The smallest absolute Gasteiger partial charge is 0.410 e. The van der Waals surface area contributed by atoms with Crippen LogP contribution in [0.1, 0.15) is 45.5 Å². The highest BCUT2D eigenvalue weighted by atomic mass is 35.5. The van der Waals surface area contributed by atoms with E-state index in [1.165, 1.54) is 0 Å². The van der Waals surface area contributed by atoms with Gasteiger partial charge >= 0.3 is 6.09 Å². The SMILES string of the molecule is CC(C)(C)OC(=O)N1CCCC1c1ncc(-c2cccc(Cl)c2)[nH]1. The number of halogens is 1. The van der Waals surface area contributed by atoms with Gasteiger partial charge in [-0.25, -0.2) is 9.78 Å². The number of carbonyl (C=O) groups is 1. The maximum absolute atomic E-state index is 12.4. The molecule has 1 aliphatic heterocycles. The molecule has 3 rings (SSSR count). The van der Waals surface area contributed by atoms with E-state index in [1.54, 1.807) is 11.1 Å². The summed E-state index contributed by atoms with van der Waals surface area (Å²) in [6.45, 7) is 6.31. The molecule has 2 aromatic rings. The molecule has 1 aromatic carbocycles. The molecule has 0 saturated carbocycles. The number of benzene rings is 1. The number of amides is 1. The molecule has 1 aliphatic rings. The molecule has 2 heterocycles. The van der Waals surface area contributed by atoms with Crippen molar-refractivity contribution < 1.29 is 9.53 Å². The number of nitrogens with one attached hydrogen (secondary N) is 1. The fraction of sp³-hybridized carbons (Fsp3) is 0.444. The lowest BCUT2D eigenvalue weighted by Gasteiger charge is -2.27. The zero-order valence-corrected chi connectivity index (χ0v) is 14.9. The lowest BCUT2D eigenvalue weighted by atomic mass is 10.2. The normalized spacial score (nSPS) is 18.0. The monoisotopic (exact) mass is 347 g/mol. The molecule has 0 radical (unpaired) electrons. The van der Waals surface area contributed by atoms with Gasteiger partial charge in [-0.1, -0.05) is 23.7 Å². The predicted molar refractivity (Wildman–Crippen MR) is 93.9 cm³/mol. The summed E-state index contributed by atoms with van der Waals surface area (Å²) in [5.41, 5.74) is 1.37. The van der Waals surface area contributed by atoms with E-state index in [2.05, 4.69) is 9.97 Å². The number of imidazole rings is 1. The molecular formula is C18H22ClN3O2. The summed E-state index contributed by atoms with van der Waals surface area (Å²) in [7, 11) is 0. The van der Waals surface area contributed by atoms with Crippen molar-refractivity contribution in [1.29, 1.82) is 0 Å². The van der Waals surface area contributed by atoms with Gasteiger partial charge in [0.05, 0.1) is 17.9 Å². The molecule has 1 atom stereocenters. The van der Waals surface area contributed by atoms with Crippen molar-refractivity contribution in [2.75, 3.05) is 6.54 Å². The highest BCUT2D eigenvalue weighted by Gasteiger charge is 2.34. The minimum Gasteiger partial charge on any atom is -0.444 e. The van der Waals surface area contributed by atoms with Crippen LogP contribution in [0.3, 0.4) is 0 Å². The van der Waals surface area contributed by atoms with Gasteiger partial charge in [0.15, 0.2) is 0 Å². The molecule has 1 amide bonds. The van der Waals surface area contributed by atoms with E-state index in [1.807, 2.05) is 45.0 Å². The fourth-order valence-corrected chi connectivity index (χ4v) is 3.09. The third kappa shape index (κ3) is 3.73. The summed E-state index contributed by atoms with van der Waals surface area (Å²) >= 11 is 6.05. The van der Waals surface area contributed by atoms with E-state index < -0.39 is 5.60 Å². The van der Waals surface area contributed by atoms with Gasteiger partial charge < -0.3 is 9.72 Å². The summed E-state index contributed by atoms with van der Waals surface area (Å²) in [5.74, 6) is 0.785. The largest absolute Gasteiger partial charge is 0.444 e. The van der Waals surface area contributed by atoms with Crippen LogP contribution in [0.25, 0.3) is 11.3 Å². The maximum Gasteiger partial charge on any atom is 0.410 e. The number of carbonyl (C=O) groups excluding carboxylic acids is 1. The van der Waals surface area contributed by atoms with Crippen LogP contribution in [0.2, 0.25) is 5.02 Å². The molecule has 24 heavy (non-hydrogen) atoms. The molecule has 0 bridgehead atoms. The number of hydrogen-bond donors (Lipinski definition) is 1. The topological polar surface area (TPSA) is 58.2 Å². The number of nitrogens with zero attached hydrogens (tertiary/aromatic N) is 2. The van der Waals surface area contributed by atoms with Crippen LogP contribution in [0, 0.1) is 0 Å². The molecule has 1 saturated heterocycles. The number of rotatable bonds is 2. The summed E-state index contributed by atoms with van der Waals surface area (Å²) in [5, 5.41) is 0.680. The third-order valence-corrected chi connectivity index (χ3v) is 4.16. The second-order valence-corrected chi connectivity index (χ2v) is 7.46. The molecule has 1 aromatic heterocycles. The van der Waals surface area contributed by atoms with Crippen LogP contribution < -0.4 is 0 Å². The molecule has 1 fully saturated rings. The zero-order chi connectivity index (χ0) is 17.3. The van der Waals surface area contributed by atoms with Crippen LogP contribution in [0.15, 0.2) is 30.5 Å². The second-order valence-electron chi connectivity index (χ2n) is 7.02. The zero-order valence-electron chi connectivity index (χ0n) is 14.2. The van der Waals surface area contributed by atoms with Crippen molar-refractivity contribution in [2.24, 2.45) is 0 Å². The van der Waals surface area contributed by atoms with Crippen molar-refractivity contribution in [3.05, 3.63) is 41.3 Å². The van der Waals surface area contributed by atoms with Crippen molar-refractivity contribution in [3.8, 4) is 11.3 Å². The lowest BCUT2D eigenvalue weighted by Crippen LogP contribution is -2.36. The fourth-order valence-electron chi connectivity index (χ4n) is 2.90. The van der Waals surface area contributed by atoms with Crippen molar-refractivity contribution in [3.63, 3.8) is 0 Å². The molecule has 1 unspecified atom stereocenters. The Bertz CT molecular complexity index is 736. The molecule has 128 valence electrons. The van der Waals surface area contributed by atoms with Crippen LogP contribution in [-0.4, -0.2) is 33.1 Å². The Labute approximate surface area is 147 Å². The van der Waals surface area contributed by atoms with Crippen LogP contribution in [0.5, 0.6) is 0 Å². The Morgan fingerprint density at radius 2 is 2.21 bits per heavy atom. The number of aromatic nitrogens is 2. The maximum atomic E-state index is 12.4. The first-order valence-corrected chi connectivity index (χ1v) is 8.52. The van der Waals surface area contributed by atoms with Gasteiger partial charge in [0.1, 0.15) is 11.4 Å². The van der Waals surface area contributed by atoms with Crippen LogP contribution in [0.4, 0.5) is 4.79 Å². The highest BCUT2D eigenvalue weighted by molar-refractivity contribution is 6.30. The van der Waals surface area contributed by atoms with Crippen molar-refractivity contribution in [2.45, 2.75) is 45.3 Å². The first-order valence-electron chi connectivity index (χ1n) is 8.14. The van der Waals surface area contributed by atoms with Gasteiger partial charge in [0.2, 0.25) is 0 Å². The number of ether oxygens (including phenoxy) is 1. The first-order chi connectivity index (χ1) is 11.3. The van der Waals surface area contributed by atoms with Gasteiger partial charge in [-0.2, -0.15) is 0 Å². The van der Waals surface area contributed by atoms with Crippen LogP contribution in [-0.2, 0) is 4.74 Å². The van der Waals surface area contributed by atoms with Gasteiger partial charge in [0, 0.05) is 17.1 Å². The Morgan fingerprint density at radius 1 is 1.42 bits per heavy atom. The standard InChI is InChI=1S/C18H22ClN3O2/c1-18(2,3)24-17(23)22-9-5-8-15(22)16-20-11-14(21-16)12-6-4-7-13(19)10-12/h4,6-7,10-11,15H,5,8-9H2,1-3H3,(H,20,21). The first kappa shape index (κ1) is 16.8. The van der Waals surface area contributed by atoms with E-state index >= 15 is 0 Å². The average molecular weight is 348 g/mol. The average Bonchev–Trinajstić information content (AvgIpc) is 3.14. The molecular weight excluding hydrogens is 326 g/mol. The number of likely N-dealkylation sites (tertiary alicyclic amines) is 1. The quantitative estimate of drug-likeness (QED) is 0.848. The minimum atomic E-state index is -0.501. The summed E-state index contributed by atoms with van der Waals surface area (Å²) in [6.07, 6.45) is 3.32. The van der Waals surface area contributed by atoms with Crippen molar-refractivity contribution >= 4 is 17.7 Å². The molecule has 5 nitrogen and oxygen atoms in total. The molecule has 0 aliphatic carbocycles. The summed E-state index contributed by atoms with van der Waals surface area (Å²) in [6, 6.07) is 7.53. The Morgan fingerprint density at radius 3 is 2.92 bits per heavy atom. The van der Waals surface area contributed by atoms with Gasteiger partial charge in [-0.15, -0.1) is 0 Å². The number of hydrogen-bond acceptors (Lipinski definition) is 3. The number of aromatic amines is 1. The highest BCUT2D eigenvalue weighted by Crippen LogP contribution is 2.33. The van der Waals surface area contributed by atoms with E-state index in [9.17, 15) is 4.79 Å². The van der Waals surface area contributed by atoms with Crippen LogP contribution >= 0.6 is 11.6 Å². The van der Waals surface area contributed by atoms with E-state index in [-0.39, 0.29) is 12.1 Å². The Kier molecular flexibility index (Phi) is 4.54. The van der Waals surface area contributed by atoms with Gasteiger partial charge in [0.25, 0.3) is 0 Å². The molecule has 1 N–H and O–H groups in total. The Balaban J connectivity index is 1.80. The molecule has 0 spiro atoms. The van der Waals surface area contributed by atoms with E-state index in [0.717, 1.165) is 29.9 Å². The minimum absolute atomic E-state index is 0.0761. The second kappa shape index (κ2) is 6.48. The van der Waals surface area contributed by atoms with E-state index in [0.29, 0.717) is 11.6 Å². The lowest BCUT2D eigenvalue weighted by molar-refractivity contribution is 0.0219. The summed E-state index contributed by atoms with van der Waals surface area (Å²) in [4.78, 5) is 22.0. The number of H-pyrrole nitrogens is 1. The summed E-state index contributed by atoms with van der Waals surface area (Å²) < 4.78 is 5.51. The van der Waals surface area contributed by atoms with Crippen molar-refractivity contribution in [1.82, 2.24) is 14.9 Å². The third-order valence-electron chi connectivity index (χ3n) is 3.93. The van der Waals surface area contributed by atoms with Gasteiger partial charge in [-0.3, -0.25) is 4.90 Å².